The van der Waals surface area contributed by atoms with Crippen LogP contribution in [0.25, 0.3) is 0 Å². The molecule has 3 unspecified atom stereocenters. The van der Waals surface area contributed by atoms with Crippen LogP contribution < -0.4 is 10.5 Å². The molecule has 3 atom stereocenters. The highest BCUT2D eigenvalue weighted by molar-refractivity contribution is 7.91. The first-order valence-electron chi connectivity index (χ1n) is 6.72. The zero-order valence-corrected chi connectivity index (χ0v) is 13.1. The van der Waals surface area contributed by atoms with Crippen LogP contribution in [-0.4, -0.2) is 14.5 Å². The van der Waals surface area contributed by atoms with Gasteiger partial charge in [0.15, 0.2) is 0 Å². The SMILES string of the molecule is CC1CCC(NS(=O)(=O)c2cc(CN)cs2)C(C)C1. The number of nitrogens with one attached hydrogen (secondary N) is 1. The van der Waals surface area contributed by atoms with E-state index in [1.54, 1.807) is 11.4 Å². The van der Waals surface area contributed by atoms with Crippen molar-refractivity contribution in [1.82, 2.24) is 4.72 Å². The molecular weight excluding hydrogens is 280 g/mol. The maximum absolute atomic E-state index is 12.3. The smallest absolute Gasteiger partial charge is 0.250 e. The maximum Gasteiger partial charge on any atom is 0.250 e. The van der Waals surface area contributed by atoms with Gasteiger partial charge < -0.3 is 5.73 Å². The van der Waals surface area contributed by atoms with Crippen LogP contribution in [0.5, 0.6) is 0 Å². The Morgan fingerprint density at radius 1 is 1.42 bits per heavy atom. The van der Waals surface area contributed by atoms with Gasteiger partial charge in [0.25, 0.3) is 0 Å². The van der Waals surface area contributed by atoms with E-state index in [0.29, 0.717) is 22.6 Å². The molecule has 3 N–H and O–H groups in total. The third-order valence-corrected chi connectivity index (χ3v) is 6.85. The second kappa shape index (κ2) is 5.91. The van der Waals surface area contributed by atoms with Gasteiger partial charge in [-0.1, -0.05) is 13.8 Å². The summed E-state index contributed by atoms with van der Waals surface area (Å²) in [5, 5.41) is 1.81. The van der Waals surface area contributed by atoms with Crippen LogP contribution in [0, 0.1) is 11.8 Å². The highest BCUT2D eigenvalue weighted by atomic mass is 32.2. The Hall–Kier alpha value is -0.430. The minimum atomic E-state index is -3.39. The summed E-state index contributed by atoms with van der Waals surface area (Å²) in [5.41, 5.74) is 6.39. The molecular formula is C13H22N2O2S2. The van der Waals surface area contributed by atoms with Gasteiger partial charge in [0.1, 0.15) is 4.21 Å². The molecule has 1 saturated carbocycles. The summed E-state index contributed by atoms with van der Waals surface area (Å²) < 4.78 is 27.9. The topological polar surface area (TPSA) is 72.2 Å². The van der Waals surface area contributed by atoms with E-state index in [-0.39, 0.29) is 6.04 Å². The Labute approximate surface area is 119 Å². The lowest BCUT2D eigenvalue weighted by molar-refractivity contribution is 0.249. The van der Waals surface area contributed by atoms with Crippen LogP contribution in [0.3, 0.4) is 0 Å². The van der Waals surface area contributed by atoms with E-state index in [4.69, 9.17) is 5.73 Å². The molecule has 1 aromatic heterocycles. The average Bonchev–Trinajstić information content (AvgIpc) is 2.82. The van der Waals surface area contributed by atoms with Crippen molar-refractivity contribution in [2.24, 2.45) is 17.6 Å². The Balaban J connectivity index is 2.08. The zero-order valence-electron chi connectivity index (χ0n) is 11.4. The standard InChI is InChI=1S/C13H22N2O2S2/c1-9-3-4-12(10(2)5-9)15-19(16,17)13-6-11(7-14)8-18-13/h6,8-10,12,15H,3-5,7,14H2,1-2H3. The monoisotopic (exact) mass is 302 g/mol. The predicted molar refractivity (Wildman–Crippen MR) is 78.5 cm³/mol. The number of nitrogens with two attached hydrogens (primary N) is 1. The molecule has 0 bridgehead atoms. The van der Waals surface area contributed by atoms with E-state index in [1.807, 2.05) is 0 Å². The first-order chi connectivity index (χ1) is 8.92. The number of sulfonamides is 1. The van der Waals surface area contributed by atoms with E-state index in [0.717, 1.165) is 24.8 Å². The number of hydrogen-bond acceptors (Lipinski definition) is 4. The second-order valence-corrected chi connectivity index (χ2v) is 8.45. The number of thiophene rings is 1. The average molecular weight is 302 g/mol. The fourth-order valence-electron chi connectivity index (χ4n) is 2.70. The van der Waals surface area contributed by atoms with E-state index in [2.05, 4.69) is 18.6 Å². The summed E-state index contributed by atoms with van der Waals surface area (Å²) in [4.78, 5) is 0. The second-order valence-electron chi connectivity index (χ2n) is 5.60. The molecule has 0 radical (unpaired) electrons. The fourth-order valence-corrected chi connectivity index (χ4v) is 5.32. The molecule has 19 heavy (non-hydrogen) atoms. The van der Waals surface area contributed by atoms with Gasteiger partial charge in [-0.2, -0.15) is 0 Å². The molecule has 0 spiro atoms. The van der Waals surface area contributed by atoms with Crippen molar-refractivity contribution in [2.75, 3.05) is 0 Å². The van der Waals surface area contributed by atoms with Crippen LogP contribution in [0.2, 0.25) is 0 Å². The molecule has 2 rings (SSSR count). The molecule has 0 aliphatic heterocycles. The fraction of sp³-hybridized carbons (Fsp3) is 0.692. The van der Waals surface area contributed by atoms with Gasteiger partial charge in [0.05, 0.1) is 0 Å². The molecule has 1 heterocycles. The van der Waals surface area contributed by atoms with E-state index >= 15 is 0 Å². The van der Waals surface area contributed by atoms with Crippen molar-refractivity contribution in [3.05, 3.63) is 17.0 Å². The Bertz CT molecular complexity index is 525. The summed E-state index contributed by atoms with van der Waals surface area (Å²) in [7, 11) is -3.39. The lowest BCUT2D eigenvalue weighted by atomic mass is 9.80. The normalized spacial score (nSPS) is 28.5. The van der Waals surface area contributed by atoms with Crippen LogP contribution in [-0.2, 0) is 16.6 Å². The molecule has 6 heteroatoms. The molecule has 4 nitrogen and oxygen atoms in total. The van der Waals surface area contributed by atoms with Gasteiger partial charge in [-0.25, -0.2) is 13.1 Å². The Morgan fingerprint density at radius 2 is 2.16 bits per heavy atom. The van der Waals surface area contributed by atoms with E-state index in [9.17, 15) is 8.42 Å². The maximum atomic E-state index is 12.3. The third-order valence-electron chi connectivity index (χ3n) is 3.87. The van der Waals surface area contributed by atoms with Crippen molar-refractivity contribution in [3.63, 3.8) is 0 Å². The quantitative estimate of drug-likeness (QED) is 0.896. The van der Waals surface area contributed by atoms with Gasteiger partial charge in [-0.05, 0) is 48.1 Å². The summed E-state index contributed by atoms with van der Waals surface area (Å²) in [5.74, 6) is 1.09. The Morgan fingerprint density at radius 3 is 2.74 bits per heavy atom. The minimum Gasteiger partial charge on any atom is -0.326 e. The number of rotatable bonds is 4. The molecule has 108 valence electrons. The van der Waals surface area contributed by atoms with Crippen molar-refractivity contribution >= 4 is 21.4 Å². The first-order valence-corrected chi connectivity index (χ1v) is 9.08. The van der Waals surface area contributed by atoms with E-state index < -0.39 is 10.0 Å². The lowest BCUT2D eigenvalue weighted by Gasteiger charge is -2.32. The molecule has 1 aromatic rings. The molecule has 1 aliphatic rings. The molecule has 1 aliphatic carbocycles. The predicted octanol–water partition coefficient (Wildman–Crippen LogP) is 2.31. The van der Waals surface area contributed by atoms with Crippen LogP contribution in [0.1, 0.15) is 38.7 Å². The largest absolute Gasteiger partial charge is 0.326 e. The van der Waals surface area contributed by atoms with Gasteiger partial charge in [-0.3, -0.25) is 0 Å². The van der Waals surface area contributed by atoms with Crippen molar-refractivity contribution in [1.29, 1.82) is 0 Å². The van der Waals surface area contributed by atoms with E-state index in [1.165, 1.54) is 11.3 Å². The van der Waals surface area contributed by atoms with Crippen molar-refractivity contribution in [3.8, 4) is 0 Å². The molecule has 0 amide bonds. The summed E-state index contributed by atoms with van der Waals surface area (Å²) >= 11 is 1.24. The Kier molecular flexibility index (Phi) is 4.66. The first kappa shape index (κ1) is 15.0. The summed E-state index contributed by atoms with van der Waals surface area (Å²) in [6.45, 7) is 4.74. The highest BCUT2D eigenvalue weighted by Gasteiger charge is 2.29. The third kappa shape index (κ3) is 3.56. The summed E-state index contributed by atoms with van der Waals surface area (Å²) in [6, 6.07) is 1.73. The van der Waals surface area contributed by atoms with Crippen LogP contribution in [0.4, 0.5) is 0 Å². The highest BCUT2D eigenvalue weighted by Crippen LogP contribution is 2.30. The van der Waals surface area contributed by atoms with Gasteiger partial charge >= 0.3 is 0 Å². The van der Waals surface area contributed by atoms with Gasteiger partial charge in [0.2, 0.25) is 10.0 Å². The van der Waals surface area contributed by atoms with Gasteiger partial charge in [0, 0.05) is 12.6 Å². The minimum absolute atomic E-state index is 0.0598. The molecule has 0 aromatic carbocycles. The van der Waals surface area contributed by atoms with Gasteiger partial charge in [-0.15, -0.1) is 11.3 Å². The van der Waals surface area contributed by atoms with Crippen LogP contribution >= 0.6 is 11.3 Å². The zero-order chi connectivity index (χ0) is 14.0. The van der Waals surface area contributed by atoms with Crippen molar-refractivity contribution in [2.45, 2.75) is 49.9 Å². The summed E-state index contributed by atoms with van der Waals surface area (Å²) in [6.07, 6.45) is 3.11. The van der Waals surface area contributed by atoms with Crippen molar-refractivity contribution < 1.29 is 8.42 Å². The lowest BCUT2D eigenvalue weighted by Crippen LogP contribution is -2.42. The number of hydrogen-bond donors (Lipinski definition) is 2. The van der Waals surface area contributed by atoms with Crippen LogP contribution in [0.15, 0.2) is 15.7 Å². The molecule has 1 fully saturated rings. The molecule has 0 saturated heterocycles.